The van der Waals surface area contributed by atoms with Crippen LogP contribution in [0.4, 0.5) is 0 Å². The van der Waals surface area contributed by atoms with Gasteiger partial charge in [0.15, 0.2) is 0 Å². The minimum atomic E-state index is 0.549. The highest BCUT2D eigenvalue weighted by molar-refractivity contribution is 7.13. The van der Waals surface area contributed by atoms with Crippen LogP contribution in [-0.4, -0.2) is 4.98 Å². The Morgan fingerprint density at radius 2 is 2.17 bits per heavy atom. The standard InChI is InChI=1S/C15H14N2S/c16-8-2-5-14-10-18-15(17-14)13-7-6-11-3-1-4-12(11)9-13/h6-7,9-10H,1-5H2. The fourth-order valence-corrected chi connectivity index (χ4v) is 3.29. The molecule has 1 aliphatic rings. The first-order valence-electron chi connectivity index (χ1n) is 6.30. The van der Waals surface area contributed by atoms with Crippen LogP contribution in [0.15, 0.2) is 23.6 Å². The molecule has 2 nitrogen and oxygen atoms in total. The Bertz CT molecular complexity index is 607. The summed E-state index contributed by atoms with van der Waals surface area (Å²) < 4.78 is 0. The van der Waals surface area contributed by atoms with Crippen LogP contribution in [0.3, 0.4) is 0 Å². The van der Waals surface area contributed by atoms with Crippen molar-refractivity contribution < 1.29 is 0 Å². The van der Waals surface area contributed by atoms with Gasteiger partial charge in [-0.2, -0.15) is 5.26 Å². The van der Waals surface area contributed by atoms with Crippen molar-refractivity contribution in [1.82, 2.24) is 4.98 Å². The van der Waals surface area contributed by atoms with Gasteiger partial charge in [0, 0.05) is 23.8 Å². The van der Waals surface area contributed by atoms with E-state index in [-0.39, 0.29) is 0 Å². The molecule has 1 heterocycles. The Kier molecular flexibility index (Phi) is 3.12. The fraction of sp³-hybridized carbons (Fsp3) is 0.333. The van der Waals surface area contributed by atoms with E-state index in [1.165, 1.54) is 36.0 Å². The quantitative estimate of drug-likeness (QED) is 0.836. The average molecular weight is 254 g/mol. The molecule has 3 heteroatoms. The predicted molar refractivity (Wildman–Crippen MR) is 73.5 cm³/mol. The van der Waals surface area contributed by atoms with E-state index in [1.54, 1.807) is 11.3 Å². The highest BCUT2D eigenvalue weighted by atomic mass is 32.1. The van der Waals surface area contributed by atoms with Crippen molar-refractivity contribution in [1.29, 1.82) is 5.26 Å². The van der Waals surface area contributed by atoms with Crippen LogP contribution in [0.2, 0.25) is 0 Å². The maximum Gasteiger partial charge on any atom is 0.123 e. The molecule has 0 atom stereocenters. The van der Waals surface area contributed by atoms with Gasteiger partial charge in [-0.3, -0.25) is 0 Å². The second kappa shape index (κ2) is 4.91. The first kappa shape index (κ1) is 11.4. The Labute approximate surface area is 111 Å². The summed E-state index contributed by atoms with van der Waals surface area (Å²) in [4.78, 5) is 4.61. The number of hydrogen-bond donors (Lipinski definition) is 0. The number of benzene rings is 1. The van der Waals surface area contributed by atoms with E-state index in [0.717, 1.165) is 17.1 Å². The molecule has 0 fully saturated rings. The first-order valence-corrected chi connectivity index (χ1v) is 7.18. The van der Waals surface area contributed by atoms with Gasteiger partial charge in [-0.15, -0.1) is 11.3 Å². The second-order valence-corrected chi connectivity index (χ2v) is 5.50. The van der Waals surface area contributed by atoms with Gasteiger partial charge in [0.05, 0.1) is 11.8 Å². The fourth-order valence-electron chi connectivity index (χ4n) is 2.44. The topological polar surface area (TPSA) is 36.7 Å². The monoisotopic (exact) mass is 254 g/mol. The molecule has 0 aliphatic heterocycles. The molecule has 0 saturated carbocycles. The molecular weight excluding hydrogens is 240 g/mol. The van der Waals surface area contributed by atoms with Crippen LogP contribution in [0.25, 0.3) is 10.6 Å². The van der Waals surface area contributed by atoms with Crippen molar-refractivity contribution in [3.63, 3.8) is 0 Å². The normalized spacial score (nSPS) is 13.3. The Hall–Kier alpha value is -1.66. The summed E-state index contributed by atoms with van der Waals surface area (Å²) in [6, 6.07) is 8.87. The van der Waals surface area contributed by atoms with Crippen LogP contribution in [-0.2, 0) is 19.3 Å². The zero-order valence-corrected chi connectivity index (χ0v) is 11.0. The number of thiazole rings is 1. The summed E-state index contributed by atoms with van der Waals surface area (Å²) in [5.74, 6) is 0. The van der Waals surface area contributed by atoms with E-state index in [0.29, 0.717) is 6.42 Å². The molecule has 0 unspecified atom stereocenters. The molecule has 2 aromatic rings. The smallest absolute Gasteiger partial charge is 0.123 e. The van der Waals surface area contributed by atoms with Crippen LogP contribution in [0.1, 0.15) is 29.7 Å². The lowest BCUT2D eigenvalue weighted by Crippen LogP contribution is -1.86. The van der Waals surface area contributed by atoms with Crippen molar-refractivity contribution in [2.45, 2.75) is 32.1 Å². The molecule has 1 aromatic heterocycles. The maximum absolute atomic E-state index is 8.58. The van der Waals surface area contributed by atoms with E-state index in [1.807, 2.05) is 0 Å². The van der Waals surface area contributed by atoms with Crippen molar-refractivity contribution >= 4 is 11.3 Å². The number of fused-ring (bicyclic) bond motifs is 1. The van der Waals surface area contributed by atoms with Crippen molar-refractivity contribution in [3.8, 4) is 16.6 Å². The van der Waals surface area contributed by atoms with Gasteiger partial charge < -0.3 is 0 Å². The zero-order chi connectivity index (χ0) is 12.4. The Balaban J connectivity index is 1.86. The molecule has 1 aromatic carbocycles. The van der Waals surface area contributed by atoms with Crippen LogP contribution in [0, 0.1) is 11.3 Å². The van der Waals surface area contributed by atoms with Gasteiger partial charge in [-0.1, -0.05) is 12.1 Å². The highest BCUT2D eigenvalue weighted by Crippen LogP contribution is 2.29. The van der Waals surface area contributed by atoms with E-state index < -0.39 is 0 Å². The molecule has 0 spiro atoms. The number of aryl methyl sites for hydroxylation is 3. The van der Waals surface area contributed by atoms with Gasteiger partial charge >= 0.3 is 0 Å². The van der Waals surface area contributed by atoms with E-state index in [9.17, 15) is 0 Å². The molecule has 0 amide bonds. The van der Waals surface area contributed by atoms with Crippen LogP contribution in [0.5, 0.6) is 0 Å². The lowest BCUT2D eigenvalue weighted by molar-refractivity contribution is 0.912. The number of hydrogen-bond acceptors (Lipinski definition) is 3. The molecule has 3 rings (SSSR count). The second-order valence-electron chi connectivity index (χ2n) is 4.64. The summed E-state index contributed by atoms with van der Waals surface area (Å²) in [7, 11) is 0. The third-order valence-corrected chi connectivity index (χ3v) is 4.33. The molecule has 1 aliphatic carbocycles. The Morgan fingerprint density at radius 1 is 1.28 bits per heavy atom. The molecule has 0 radical (unpaired) electrons. The molecule has 0 saturated heterocycles. The first-order chi connectivity index (χ1) is 8.86. The van der Waals surface area contributed by atoms with Crippen LogP contribution < -0.4 is 0 Å². The Morgan fingerprint density at radius 3 is 3.06 bits per heavy atom. The van der Waals surface area contributed by atoms with E-state index in [2.05, 4.69) is 34.6 Å². The van der Waals surface area contributed by atoms with Gasteiger partial charge in [0.1, 0.15) is 5.01 Å². The van der Waals surface area contributed by atoms with Crippen molar-refractivity contribution in [2.75, 3.05) is 0 Å². The SMILES string of the molecule is N#CCCc1csc(-c2ccc3c(c2)CCC3)n1. The van der Waals surface area contributed by atoms with Crippen molar-refractivity contribution in [2.24, 2.45) is 0 Å². The lowest BCUT2D eigenvalue weighted by atomic mass is 10.1. The number of rotatable bonds is 3. The van der Waals surface area contributed by atoms with Gasteiger partial charge in [0.25, 0.3) is 0 Å². The van der Waals surface area contributed by atoms with Gasteiger partial charge in [-0.25, -0.2) is 4.98 Å². The average Bonchev–Trinajstić information content (AvgIpc) is 3.04. The molecule has 18 heavy (non-hydrogen) atoms. The third kappa shape index (κ3) is 2.16. The minimum Gasteiger partial charge on any atom is -0.241 e. The zero-order valence-electron chi connectivity index (χ0n) is 10.1. The predicted octanol–water partition coefficient (Wildman–Crippen LogP) is 3.75. The third-order valence-electron chi connectivity index (χ3n) is 3.39. The summed E-state index contributed by atoms with van der Waals surface area (Å²) >= 11 is 1.68. The molecule has 0 bridgehead atoms. The number of aromatic nitrogens is 1. The minimum absolute atomic E-state index is 0.549. The highest BCUT2D eigenvalue weighted by Gasteiger charge is 2.12. The summed E-state index contributed by atoms with van der Waals surface area (Å²) in [5, 5.41) is 11.7. The summed E-state index contributed by atoms with van der Waals surface area (Å²) in [6.07, 6.45) is 5.02. The van der Waals surface area contributed by atoms with Gasteiger partial charge in [-0.05, 0) is 36.5 Å². The number of nitrogens with zero attached hydrogens (tertiary/aromatic N) is 2. The summed E-state index contributed by atoms with van der Waals surface area (Å²) in [6.45, 7) is 0. The maximum atomic E-state index is 8.58. The lowest BCUT2D eigenvalue weighted by Gasteiger charge is -2.01. The van der Waals surface area contributed by atoms with E-state index >= 15 is 0 Å². The molecular formula is C15H14N2S. The van der Waals surface area contributed by atoms with Crippen molar-refractivity contribution in [3.05, 3.63) is 40.4 Å². The van der Waals surface area contributed by atoms with E-state index in [4.69, 9.17) is 5.26 Å². The largest absolute Gasteiger partial charge is 0.241 e. The number of nitriles is 1. The van der Waals surface area contributed by atoms with Gasteiger partial charge in [0.2, 0.25) is 0 Å². The molecule has 0 N–H and O–H groups in total. The van der Waals surface area contributed by atoms with Crippen LogP contribution >= 0.6 is 11.3 Å². The summed E-state index contributed by atoms with van der Waals surface area (Å²) in [5.41, 5.74) is 5.25. The molecule has 90 valence electrons.